The van der Waals surface area contributed by atoms with Crippen molar-refractivity contribution in [3.05, 3.63) is 113 Å². The van der Waals surface area contributed by atoms with Crippen LogP contribution in [-0.4, -0.2) is 12.8 Å². The second-order valence-electron chi connectivity index (χ2n) is 9.38. The Kier molecular flexibility index (Phi) is 10.2. The van der Waals surface area contributed by atoms with Crippen molar-refractivity contribution < 1.29 is 17.6 Å². The van der Waals surface area contributed by atoms with E-state index in [9.17, 15) is 17.6 Å². The van der Waals surface area contributed by atoms with Gasteiger partial charge >= 0.3 is 6.18 Å². The molecule has 8 heteroatoms. The van der Waals surface area contributed by atoms with Crippen molar-refractivity contribution in [1.29, 1.82) is 5.41 Å². The first-order valence-electron chi connectivity index (χ1n) is 12.4. The average Bonchev–Trinajstić information content (AvgIpc) is 2.89. The van der Waals surface area contributed by atoms with Gasteiger partial charge in [-0.2, -0.15) is 13.2 Å². The molecule has 0 aliphatic heterocycles. The third-order valence-corrected chi connectivity index (χ3v) is 7.11. The highest BCUT2D eigenvalue weighted by Crippen LogP contribution is 2.50. The summed E-state index contributed by atoms with van der Waals surface area (Å²) in [6.07, 6.45) is 5.94. The van der Waals surface area contributed by atoms with Crippen molar-refractivity contribution in [3.63, 3.8) is 0 Å². The van der Waals surface area contributed by atoms with Gasteiger partial charge in [-0.05, 0) is 92.6 Å². The van der Waals surface area contributed by atoms with Crippen LogP contribution < -0.4 is 10.0 Å². The summed E-state index contributed by atoms with van der Waals surface area (Å²) in [5.74, 6) is -0.343. The topological polar surface area (TPSA) is 47.9 Å². The standard InChI is InChI=1S/C30H33F4N3S/c1-3-4-5-6-21(2)29(18-22-7-9-24(10-8-22)30(32,33)34)19-23(20-35)28(17-25(29)15-16-36-38)37-27-13-11-26(31)12-14-27/h3-4,7-14,17,20,35-38H,2,5-6,15-16,18-19H2,1H3/b4-3-,35-20?. The van der Waals surface area contributed by atoms with Gasteiger partial charge in [0, 0.05) is 29.6 Å². The lowest BCUT2D eigenvalue weighted by molar-refractivity contribution is -0.137. The predicted molar refractivity (Wildman–Crippen MR) is 151 cm³/mol. The van der Waals surface area contributed by atoms with E-state index in [2.05, 4.69) is 35.5 Å². The number of thiol groups is 1. The highest BCUT2D eigenvalue weighted by atomic mass is 32.1. The maximum atomic E-state index is 13.4. The van der Waals surface area contributed by atoms with Crippen molar-refractivity contribution in [2.45, 2.75) is 45.2 Å². The highest BCUT2D eigenvalue weighted by Gasteiger charge is 2.40. The molecule has 2 aromatic carbocycles. The molecule has 0 amide bonds. The summed E-state index contributed by atoms with van der Waals surface area (Å²) in [6, 6.07) is 11.3. The van der Waals surface area contributed by atoms with Crippen LogP contribution in [0.25, 0.3) is 0 Å². The fourth-order valence-electron chi connectivity index (χ4n) is 4.85. The van der Waals surface area contributed by atoms with Crippen LogP contribution in [0.5, 0.6) is 0 Å². The van der Waals surface area contributed by atoms with Crippen LogP contribution >= 0.6 is 12.8 Å². The molecule has 1 aliphatic carbocycles. The summed E-state index contributed by atoms with van der Waals surface area (Å²) in [4.78, 5) is 0. The SMILES string of the molecule is C=C(CC/C=C\C)C1(Cc2ccc(C(F)(F)F)cc2)CC(C=N)=C(Nc2ccc(F)cc2)C=C1CCNS. The molecule has 0 bridgehead atoms. The monoisotopic (exact) mass is 543 g/mol. The molecule has 0 heterocycles. The Bertz CT molecular complexity index is 1210. The highest BCUT2D eigenvalue weighted by molar-refractivity contribution is 7.78. The molecule has 1 aliphatic rings. The van der Waals surface area contributed by atoms with Crippen molar-refractivity contribution in [1.82, 2.24) is 4.72 Å². The van der Waals surface area contributed by atoms with Gasteiger partial charge < -0.3 is 10.7 Å². The lowest BCUT2D eigenvalue weighted by Crippen LogP contribution is -2.34. The summed E-state index contributed by atoms with van der Waals surface area (Å²) >= 11 is 4.17. The summed E-state index contributed by atoms with van der Waals surface area (Å²) < 4.78 is 55.9. The molecule has 202 valence electrons. The van der Waals surface area contributed by atoms with E-state index in [1.807, 2.05) is 19.1 Å². The zero-order valence-electron chi connectivity index (χ0n) is 21.3. The van der Waals surface area contributed by atoms with Gasteiger partial charge in [0.2, 0.25) is 0 Å². The van der Waals surface area contributed by atoms with Gasteiger partial charge in [0.25, 0.3) is 0 Å². The lowest BCUT2D eigenvalue weighted by Gasteiger charge is -2.42. The van der Waals surface area contributed by atoms with E-state index in [4.69, 9.17) is 5.41 Å². The molecule has 0 fully saturated rings. The van der Waals surface area contributed by atoms with Gasteiger partial charge in [0.05, 0.1) is 5.56 Å². The molecule has 0 radical (unpaired) electrons. The Morgan fingerprint density at radius 3 is 2.39 bits per heavy atom. The number of halogens is 4. The number of nitrogens with one attached hydrogen (secondary N) is 3. The van der Waals surface area contributed by atoms with Crippen molar-refractivity contribution in [2.24, 2.45) is 5.41 Å². The Labute approximate surface area is 227 Å². The van der Waals surface area contributed by atoms with Crippen LogP contribution in [-0.2, 0) is 12.6 Å². The molecule has 0 saturated heterocycles. The van der Waals surface area contributed by atoms with Crippen molar-refractivity contribution in [3.8, 4) is 0 Å². The van der Waals surface area contributed by atoms with Gasteiger partial charge in [-0.15, -0.1) is 0 Å². The van der Waals surface area contributed by atoms with E-state index in [-0.39, 0.29) is 5.82 Å². The van der Waals surface area contributed by atoms with Gasteiger partial charge in [-0.3, -0.25) is 4.72 Å². The summed E-state index contributed by atoms with van der Waals surface area (Å²) in [5, 5.41) is 11.5. The number of alkyl halides is 3. The van der Waals surface area contributed by atoms with Crippen LogP contribution in [0.3, 0.4) is 0 Å². The Balaban J connectivity index is 2.07. The minimum absolute atomic E-state index is 0.343. The number of benzene rings is 2. The van der Waals surface area contributed by atoms with Gasteiger partial charge in [0.15, 0.2) is 0 Å². The maximum Gasteiger partial charge on any atom is 0.416 e. The van der Waals surface area contributed by atoms with Crippen LogP contribution in [0.15, 0.2) is 95.8 Å². The molecule has 0 saturated carbocycles. The Morgan fingerprint density at radius 2 is 1.82 bits per heavy atom. The molecule has 1 unspecified atom stereocenters. The summed E-state index contributed by atoms with van der Waals surface area (Å²) in [6.45, 7) is 6.98. The molecule has 3 N–H and O–H groups in total. The van der Waals surface area contributed by atoms with Crippen LogP contribution in [0.1, 0.15) is 43.7 Å². The Hall–Kier alpha value is -3.10. The van der Waals surface area contributed by atoms with Crippen LogP contribution in [0.4, 0.5) is 23.2 Å². The fraction of sp³-hybridized carbons (Fsp3) is 0.300. The molecule has 0 aromatic heterocycles. The molecular weight excluding hydrogens is 510 g/mol. The molecule has 3 rings (SSSR count). The zero-order valence-corrected chi connectivity index (χ0v) is 22.2. The number of allylic oxidation sites excluding steroid dienone is 5. The first-order valence-corrected chi connectivity index (χ1v) is 12.9. The van der Waals surface area contributed by atoms with E-state index in [1.165, 1.54) is 30.5 Å². The minimum Gasteiger partial charge on any atom is -0.355 e. The zero-order chi connectivity index (χ0) is 27.8. The van der Waals surface area contributed by atoms with Crippen LogP contribution in [0, 0.1) is 16.6 Å². The normalized spacial score (nSPS) is 18.0. The molecule has 1 atom stereocenters. The lowest BCUT2D eigenvalue weighted by atomic mass is 9.62. The quantitative estimate of drug-likeness (QED) is 0.0939. The van der Waals surface area contributed by atoms with E-state index >= 15 is 0 Å². The second-order valence-corrected chi connectivity index (χ2v) is 9.70. The number of rotatable bonds is 12. The smallest absolute Gasteiger partial charge is 0.355 e. The number of anilines is 1. The van der Waals surface area contributed by atoms with Crippen LogP contribution in [0.2, 0.25) is 0 Å². The fourth-order valence-corrected chi connectivity index (χ4v) is 4.96. The van der Waals surface area contributed by atoms with E-state index in [0.29, 0.717) is 37.9 Å². The predicted octanol–water partition coefficient (Wildman–Crippen LogP) is 8.46. The molecule has 0 spiro atoms. The summed E-state index contributed by atoms with van der Waals surface area (Å²) in [7, 11) is 0. The van der Waals surface area contributed by atoms with E-state index in [1.54, 1.807) is 12.1 Å². The molecular formula is C30H33F4N3S. The largest absolute Gasteiger partial charge is 0.416 e. The average molecular weight is 544 g/mol. The summed E-state index contributed by atoms with van der Waals surface area (Å²) in [5.41, 5.74) is 3.61. The first kappa shape index (κ1) is 29.5. The van der Waals surface area contributed by atoms with E-state index in [0.717, 1.165) is 46.5 Å². The third-order valence-electron chi connectivity index (χ3n) is 6.89. The first-order chi connectivity index (χ1) is 18.1. The van der Waals surface area contributed by atoms with Gasteiger partial charge in [-0.1, -0.05) is 54.8 Å². The Morgan fingerprint density at radius 1 is 1.13 bits per heavy atom. The number of hydrogen-bond acceptors (Lipinski definition) is 4. The molecule has 38 heavy (non-hydrogen) atoms. The van der Waals surface area contributed by atoms with Crippen molar-refractivity contribution >= 4 is 24.7 Å². The number of hydrogen-bond donors (Lipinski definition) is 4. The van der Waals surface area contributed by atoms with E-state index < -0.39 is 17.2 Å². The van der Waals surface area contributed by atoms with Crippen molar-refractivity contribution in [2.75, 3.05) is 11.9 Å². The minimum atomic E-state index is -4.41. The second kappa shape index (κ2) is 13.1. The molecule has 2 aromatic rings. The molecule has 3 nitrogen and oxygen atoms in total. The third kappa shape index (κ3) is 7.26. The van der Waals surface area contributed by atoms with Gasteiger partial charge in [-0.25, -0.2) is 4.39 Å². The maximum absolute atomic E-state index is 13.4. The van der Waals surface area contributed by atoms with Gasteiger partial charge in [0.1, 0.15) is 5.82 Å².